The van der Waals surface area contributed by atoms with Gasteiger partial charge in [-0.25, -0.2) is 4.39 Å². The fourth-order valence-corrected chi connectivity index (χ4v) is 2.82. The summed E-state index contributed by atoms with van der Waals surface area (Å²) in [6, 6.07) is 7.86. The maximum Gasteiger partial charge on any atom is 0.279 e. The van der Waals surface area contributed by atoms with E-state index in [-0.39, 0.29) is 11.7 Å². The van der Waals surface area contributed by atoms with Crippen LogP contribution >= 0.6 is 11.3 Å². The van der Waals surface area contributed by atoms with Crippen molar-refractivity contribution in [2.75, 3.05) is 5.43 Å². The molecule has 0 atom stereocenters. The Labute approximate surface area is 114 Å². The highest BCUT2D eigenvalue weighted by molar-refractivity contribution is 7.12. The number of nitrogens with one attached hydrogen (secondary N) is 2. The van der Waals surface area contributed by atoms with Crippen molar-refractivity contribution in [3.63, 3.8) is 0 Å². The summed E-state index contributed by atoms with van der Waals surface area (Å²) in [5.41, 5.74) is 7.22. The van der Waals surface area contributed by atoms with Crippen LogP contribution in [0.2, 0.25) is 0 Å². The Hall–Kier alpha value is -1.88. The van der Waals surface area contributed by atoms with E-state index in [4.69, 9.17) is 0 Å². The zero-order chi connectivity index (χ0) is 13.2. The molecule has 0 aliphatic heterocycles. The fourth-order valence-electron chi connectivity index (χ4n) is 1.94. The predicted molar refractivity (Wildman–Crippen MR) is 73.8 cm³/mol. The Morgan fingerprint density at radius 1 is 1.21 bits per heavy atom. The van der Waals surface area contributed by atoms with Gasteiger partial charge in [-0.15, -0.1) is 11.3 Å². The lowest BCUT2D eigenvalue weighted by Crippen LogP contribution is -2.29. The molecule has 0 saturated heterocycles. The van der Waals surface area contributed by atoms with E-state index >= 15 is 0 Å². The Bertz CT molecular complexity index is 590. The number of amides is 1. The molecule has 2 aromatic rings. The molecule has 5 heteroatoms. The van der Waals surface area contributed by atoms with E-state index < -0.39 is 0 Å². The van der Waals surface area contributed by atoms with E-state index in [9.17, 15) is 9.18 Å². The number of benzene rings is 1. The molecule has 1 amide bonds. The number of rotatable bonds is 4. The minimum atomic E-state index is -0.300. The highest BCUT2D eigenvalue weighted by Crippen LogP contribution is 2.43. The summed E-state index contributed by atoms with van der Waals surface area (Å²) in [6.07, 6.45) is 2.34. The van der Waals surface area contributed by atoms with Crippen LogP contribution in [-0.2, 0) is 0 Å². The van der Waals surface area contributed by atoms with Gasteiger partial charge in [-0.2, -0.15) is 0 Å². The van der Waals surface area contributed by atoms with Crippen LogP contribution in [0.15, 0.2) is 35.7 Å². The van der Waals surface area contributed by atoms with Gasteiger partial charge in [0.05, 0.1) is 10.6 Å². The monoisotopic (exact) mass is 276 g/mol. The molecule has 3 rings (SSSR count). The number of carbonyl (C=O) groups excluding carboxylic acids is 1. The lowest BCUT2D eigenvalue weighted by atomic mass is 10.1. The Balaban J connectivity index is 1.64. The Morgan fingerprint density at radius 3 is 2.63 bits per heavy atom. The van der Waals surface area contributed by atoms with Crippen molar-refractivity contribution in [3.8, 4) is 0 Å². The average molecular weight is 276 g/mol. The minimum Gasteiger partial charge on any atom is -0.298 e. The number of carbonyl (C=O) groups is 1. The quantitative estimate of drug-likeness (QED) is 0.839. The van der Waals surface area contributed by atoms with Crippen molar-refractivity contribution in [2.24, 2.45) is 0 Å². The van der Waals surface area contributed by atoms with Crippen molar-refractivity contribution in [1.29, 1.82) is 0 Å². The van der Waals surface area contributed by atoms with Gasteiger partial charge >= 0.3 is 0 Å². The predicted octanol–water partition coefficient (Wildman–Crippen LogP) is 3.52. The number of thiophene rings is 1. The normalized spacial score (nSPS) is 14.2. The van der Waals surface area contributed by atoms with Gasteiger partial charge in [-0.05, 0) is 60.0 Å². The first-order valence-electron chi connectivity index (χ1n) is 6.13. The SMILES string of the molecule is O=C(NNc1ccc(F)cc1)c1sccc1C1CC1. The van der Waals surface area contributed by atoms with Gasteiger partial charge in [0.25, 0.3) is 5.91 Å². The second-order valence-electron chi connectivity index (χ2n) is 4.57. The number of hydrogen-bond donors (Lipinski definition) is 2. The maximum absolute atomic E-state index is 12.7. The molecule has 1 fully saturated rings. The number of hydrazine groups is 1. The van der Waals surface area contributed by atoms with Crippen LogP contribution in [-0.4, -0.2) is 5.91 Å². The summed E-state index contributed by atoms with van der Waals surface area (Å²) in [6.45, 7) is 0. The van der Waals surface area contributed by atoms with Gasteiger partial charge in [-0.1, -0.05) is 0 Å². The van der Waals surface area contributed by atoms with Gasteiger partial charge in [0.15, 0.2) is 0 Å². The van der Waals surface area contributed by atoms with E-state index in [1.54, 1.807) is 12.1 Å². The summed E-state index contributed by atoms with van der Waals surface area (Å²) in [5, 5.41) is 1.94. The highest BCUT2D eigenvalue weighted by Gasteiger charge is 2.28. The molecule has 0 unspecified atom stereocenters. The topological polar surface area (TPSA) is 41.1 Å². The van der Waals surface area contributed by atoms with Crippen LogP contribution < -0.4 is 10.9 Å². The summed E-state index contributed by atoms with van der Waals surface area (Å²) in [4.78, 5) is 12.8. The smallest absolute Gasteiger partial charge is 0.279 e. The second-order valence-corrected chi connectivity index (χ2v) is 5.48. The third kappa shape index (κ3) is 2.76. The van der Waals surface area contributed by atoms with E-state index in [2.05, 4.69) is 10.9 Å². The van der Waals surface area contributed by atoms with Gasteiger partial charge in [0, 0.05) is 0 Å². The first kappa shape index (κ1) is 12.2. The van der Waals surface area contributed by atoms with E-state index in [1.807, 2.05) is 11.4 Å². The van der Waals surface area contributed by atoms with E-state index in [0.717, 1.165) is 10.4 Å². The lowest BCUT2D eigenvalue weighted by Gasteiger charge is -2.08. The van der Waals surface area contributed by atoms with Crippen molar-refractivity contribution >= 4 is 22.9 Å². The standard InChI is InChI=1S/C14H13FN2OS/c15-10-3-5-11(6-4-10)16-17-14(18)13-12(7-8-19-13)9-1-2-9/h3-9,16H,1-2H2,(H,17,18). The lowest BCUT2D eigenvalue weighted by molar-refractivity contribution is 0.0966. The first-order chi connectivity index (χ1) is 9.24. The molecule has 0 bridgehead atoms. The summed E-state index contributed by atoms with van der Waals surface area (Å²) in [5.74, 6) is 0.116. The molecule has 19 heavy (non-hydrogen) atoms. The summed E-state index contributed by atoms with van der Waals surface area (Å²) in [7, 11) is 0. The van der Waals surface area contributed by atoms with Crippen molar-refractivity contribution in [1.82, 2.24) is 5.43 Å². The van der Waals surface area contributed by atoms with Crippen LogP contribution in [0, 0.1) is 5.82 Å². The summed E-state index contributed by atoms with van der Waals surface area (Å²) < 4.78 is 12.7. The molecule has 0 radical (unpaired) electrons. The van der Waals surface area contributed by atoms with Crippen LogP contribution in [0.3, 0.4) is 0 Å². The number of halogens is 1. The molecule has 3 nitrogen and oxygen atoms in total. The zero-order valence-electron chi connectivity index (χ0n) is 10.2. The zero-order valence-corrected chi connectivity index (χ0v) is 11.0. The molecule has 98 valence electrons. The van der Waals surface area contributed by atoms with Gasteiger partial charge in [0.2, 0.25) is 0 Å². The van der Waals surface area contributed by atoms with E-state index in [0.29, 0.717) is 11.6 Å². The molecule has 1 aromatic heterocycles. The van der Waals surface area contributed by atoms with Crippen molar-refractivity contribution < 1.29 is 9.18 Å². The Morgan fingerprint density at radius 2 is 1.95 bits per heavy atom. The molecular formula is C14H13FN2OS. The molecule has 1 aromatic carbocycles. The van der Waals surface area contributed by atoms with Crippen LogP contribution in [0.25, 0.3) is 0 Å². The molecule has 0 spiro atoms. The first-order valence-corrected chi connectivity index (χ1v) is 7.01. The molecular weight excluding hydrogens is 263 g/mol. The van der Waals surface area contributed by atoms with Crippen molar-refractivity contribution in [2.45, 2.75) is 18.8 Å². The molecule has 1 heterocycles. The third-order valence-corrected chi connectivity index (χ3v) is 4.01. The summed E-state index contributed by atoms with van der Waals surface area (Å²) >= 11 is 1.45. The van der Waals surface area contributed by atoms with E-state index in [1.165, 1.54) is 36.3 Å². The van der Waals surface area contributed by atoms with Crippen LogP contribution in [0.5, 0.6) is 0 Å². The fraction of sp³-hybridized carbons (Fsp3) is 0.214. The third-order valence-electron chi connectivity index (χ3n) is 3.08. The van der Waals surface area contributed by atoms with Gasteiger partial charge in [0.1, 0.15) is 5.82 Å². The Kier molecular flexibility index (Phi) is 3.21. The number of anilines is 1. The second kappa shape index (κ2) is 5.01. The van der Waals surface area contributed by atoms with Crippen molar-refractivity contribution in [3.05, 3.63) is 52.0 Å². The van der Waals surface area contributed by atoms with Crippen LogP contribution in [0.1, 0.15) is 34.0 Å². The average Bonchev–Trinajstić information content (AvgIpc) is 3.15. The maximum atomic E-state index is 12.7. The largest absolute Gasteiger partial charge is 0.298 e. The molecule has 1 saturated carbocycles. The molecule has 1 aliphatic rings. The minimum absolute atomic E-state index is 0.138. The van der Waals surface area contributed by atoms with Gasteiger partial charge < -0.3 is 0 Å². The van der Waals surface area contributed by atoms with Gasteiger partial charge in [-0.3, -0.25) is 15.6 Å². The number of hydrogen-bond acceptors (Lipinski definition) is 3. The molecule has 1 aliphatic carbocycles. The molecule has 2 N–H and O–H groups in total. The van der Waals surface area contributed by atoms with Crippen LogP contribution in [0.4, 0.5) is 10.1 Å². The highest BCUT2D eigenvalue weighted by atomic mass is 32.1.